The predicted molar refractivity (Wildman–Crippen MR) is 201 cm³/mol. The van der Waals surface area contributed by atoms with E-state index in [0.717, 1.165) is 18.8 Å². The minimum atomic E-state index is -1.97. The van der Waals surface area contributed by atoms with E-state index in [-0.39, 0.29) is 22.3 Å². The molecule has 0 N–H and O–H groups in total. The molecule has 0 heterocycles. The van der Waals surface area contributed by atoms with Gasteiger partial charge >= 0.3 is 0 Å². The summed E-state index contributed by atoms with van der Waals surface area (Å²) >= 11 is 0. The average molecular weight is 647 g/mol. The highest BCUT2D eigenvalue weighted by atomic mass is 28.4. The second-order valence-electron chi connectivity index (χ2n) is 18.0. The molecule has 3 aliphatic rings. The smallest absolute Gasteiger partial charge is 0.192 e. The summed E-state index contributed by atoms with van der Waals surface area (Å²) in [5.74, 6) is 1.99. The average Bonchev–Trinajstić information content (AvgIpc) is 3.29. The molecule has 0 aromatic heterocycles. The van der Waals surface area contributed by atoms with E-state index in [2.05, 4.69) is 136 Å². The molecule has 0 amide bonds. The Hall–Kier alpha value is -1.47. The van der Waals surface area contributed by atoms with Gasteiger partial charge in [-0.05, 0) is 115 Å². The summed E-state index contributed by atoms with van der Waals surface area (Å²) in [6.07, 6.45) is 18.4. The molecule has 6 atom stereocenters. The van der Waals surface area contributed by atoms with Crippen LogP contribution in [-0.2, 0) is 8.85 Å². The van der Waals surface area contributed by atoms with Gasteiger partial charge in [-0.2, -0.15) is 0 Å². The highest BCUT2D eigenvalue weighted by Gasteiger charge is 2.50. The lowest BCUT2D eigenvalue weighted by atomic mass is 9.61. The van der Waals surface area contributed by atoms with Gasteiger partial charge in [0.05, 0.1) is 12.2 Å². The van der Waals surface area contributed by atoms with E-state index in [9.17, 15) is 0 Å². The lowest BCUT2D eigenvalue weighted by Crippen LogP contribution is -2.49. The number of benzene rings is 1. The maximum Gasteiger partial charge on any atom is 0.192 e. The SMILES string of the molecule is C=C1/C(=C\C=C2/CCC[C@]3(C)[C@@H]([C@H](C)/C=C\c4ccccc4)CC[C@@H]23)C[C@@H](O[Si](C)(C)C(C)(C)C)C[C@@H]1O[Si](C)(C)C(C)(C)C. The Bertz CT molecular complexity index is 1270. The van der Waals surface area contributed by atoms with E-state index in [1.54, 1.807) is 5.57 Å². The molecule has 0 spiro atoms. The molecule has 4 rings (SSSR count). The molecule has 250 valence electrons. The zero-order chi connectivity index (χ0) is 33.4. The van der Waals surface area contributed by atoms with Gasteiger partial charge in [0.1, 0.15) is 0 Å². The van der Waals surface area contributed by atoms with Crippen molar-refractivity contribution in [1.82, 2.24) is 0 Å². The van der Waals surface area contributed by atoms with Crippen LogP contribution in [0, 0.1) is 23.2 Å². The van der Waals surface area contributed by atoms with Crippen LogP contribution in [0.1, 0.15) is 106 Å². The Morgan fingerprint density at radius 1 is 0.911 bits per heavy atom. The van der Waals surface area contributed by atoms with Gasteiger partial charge in [-0.25, -0.2) is 0 Å². The monoisotopic (exact) mass is 646 g/mol. The van der Waals surface area contributed by atoms with Crippen molar-refractivity contribution in [3.8, 4) is 0 Å². The molecular formula is C41H66O2Si2. The maximum atomic E-state index is 7.10. The van der Waals surface area contributed by atoms with Gasteiger partial charge in [-0.1, -0.05) is 122 Å². The van der Waals surface area contributed by atoms with Crippen LogP contribution in [0.5, 0.6) is 0 Å². The Kier molecular flexibility index (Phi) is 11.0. The summed E-state index contributed by atoms with van der Waals surface area (Å²) < 4.78 is 14.2. The topological polar surface area (TPSA) is 18.5 Å². The first-order valence-electron chi connectivity index (χ1n) is 17.9. The molecule has 0 bridgehead atoms. The zero-order valence-electron chi connectivity index (χ0n) is 31.1. The van der Waals surface area contributed by atoms with Gasteiger partial charge in [0, 0.05) is 6.42 Å². The summed E-state index contributed by atoms with van der Waals surface area (Å²) in [5.41, 5.74) is 5.88. The van der Waals surface area contributed by atoms with Gasteiger partial charge < -0.3 is 8.85 Å². The summed E-state index contributed by atoms with van der Waals surface area (Å²) in [5, 5.41) is 0.341. The Balaban J connectivity index is 1.59. The largest absolute Gasteiger partial charge is 0.413 e. The van der Waals surface area contributed by atoms with Crippen molar-refractivity contribution in [1.29, 1.82) is 0 Å². The van der Waals surface area contributed by atoms with Crippen LogP contribution in [-0.4, -0.2) is 28.8 Å². The summed E-state index contributed by atoms with van der Waals surface area (Å²) in [7, 11) is -3.89. The highest BCUT2D eigenvalue weighted by molar-refractivity contribution is 6.74. The summed E-state index contributed by atoms with van der Waals surface area (Å²) in [6.45, 7) is 33.3. The van der Waals surface area contributed by atoms with E-state index < -0.39 is 16.6 Å². The van der Waals surface area contributed by atoms with Crippen molar-refractivity contribution in [3.63, 3.8) is 0 Å². The highest BCUT2D eigenvalue weighted by Crippen LogP contribution is 2.59. The van der Waals surface area contributed by atoms with Crippen LogP contribution in [0.4, 0.5) is 0 Å². The summed E-state index contributed by atoms with van der Waals surface area (Å²) in [6, 6.07) is 10.8. The quantitative estimate of drug-likeness (QED) is 0.262. The molecule has 0 saturated heterocycles. The van der Waals surface area contributed by atoms with E-state index in [4.69, 9.17) is 15.4 Å². The lowest BCUT2D eigenvalue weighted by Gasteiger charge is -2.45. The van der Waals surface area contributed by atoms with Crippen molar-refractivity contribution in [2.45, 2.75) is 149 Å². The third-order valence-electron chi connectivity index (χ3n) is 12.8. The van der Waals surface area contributed by atoms with Gasteiger partial charge in [0.2, 0.25) is 0 Å². The van der Waals surface area contributed by atoms with Crippen LogP contribution in [0.3, 0.4) is 0 Å². The van der Waals surface area contributed by atoms with Crippen LogP contribution in [0.2, 0.25) is 36.3 Å². The fourth-order valence-electron chi connectivity index (χ4n) is 7.87. The molecule has 2 nitrogen and oxygen atoms in total. The third-order valence-corrected chi connectivity index (χ3v) is 21.8. The summed E-state index contributed by atoms with van der Waals surface area (Å²) in [4.78, 5) is 0. The maximum absolute atomic E-state index is 7.10. The van der Waals surface area contributed by atoms with E-state index in [0.29, 0.717) is 17.3 Å². The molecule has 1 aromatic carbocycles. The van der Waals surface area contributed by atoms with E-state index >= 15 is 0 Å². The molecule has 3 aliphatic carbocycles. The van der Waals surface area contributed by atoms with Crippen molar-refractivity contribution < 1.29 is 8.85 Å². The number of hydrogen-bond acceptors (Lipinski definition) is 2. The van der Waals surface area contributed by atoms with Crippen LogP contribution in [0.15, 0.2) is 71.9 Å². The normalized spacial score (nSPS) is 31.2. The number of rotatable bonds is 8. The van der Waals surface area contributed by atoms with Gasteiger partial charge in [0.15, 0.2) is 16.6 Å². The zero-order valence-corrected chi connectivity index (χ0v) is 33.1. The second-order valence-corrected chi connectivity index (χ2v) is 27.5. The third kappa shape index (κ3) is 8.16. The van der Waals surface area contributed by atoms with E-state index in [1.165, 1.54) is 48.8 Å². The fourth-order valence-corrected chi connectivity index (χ4v) is 10.5. The molecule has 1 aromatic rings. The van der Waals surface area contributed by atoms with Crippen molar-refractivity contribution in [2.75, 3.05) is 0 Å². The Morgan fingerprint density at radius 2 is 1.53 bits per heavy atom. The fraction of sp³-hybridized carbons (Fsp3) is 0.659. The van der Waals surface area contributed by atoms with Crippen molar-refractivity contribution >= 4 is 22.7 Å². The number of allylic oxidation sites excluding steroid dienone is 4. The van der Waals surface area contributed by atoms with Crippen LogP contribution >= 0.6 is 0 Å². The Labute approximate surface area is 280 Å². The molecule has 0 radical (unpaired) electrons. The Morgan fingerprint density at radius 3 is 2.16 bits per heavy atom. The minimum absolute atomic E-state index is 0.0313. The first-order chi connectivity index (χ1) is 20.7. The molecule has 0 unspecified atom stereocenters. The van der Waals surface area contributed by atoms with Gasteiger partial charge in [-0.15, -0.1) is 0 Å². The molecule has 3 saturated carbocycles. The standard InChI is InChI=1S/C41H66O2Si2/c1-30(21-22-32-18-15-14-16-19-32)36-25-26-37-33(20-17-27-41(36,37)9)23-24-34-28-35(42-44(10,11)39(3,4)5)29-38(31(34)2)43-45(12,13)40(6,7)8/h14-16,18-19,21-24,30,35-38H,2,17,20,25-29H2,1,3-13H3/b22-21-,33-23+,34-24-/t30-,35-,36-,37+,38+,41-/m1/s1. The minimum Gasteiger partial charge on any atom is -0.413 e. The molecule has 45 heavy (non-hydrogen) atoms. The molecule has 0 aliphatic heterocycles. The second kappa shape index (κ2) is 13.6. The first-order valence-corrected chi connectivity index (χ1v) is 23.7. The number of fused-ring (bicyclic) bond motifs is 1. The number of hydrogen-bond donors (Lipinski definition) is 0. The molecule has 3 fully saturated rings. The van der Waals surface area contributed by atoms with Gasteiger partial charge in [-0.3, -0.25) is 0 Å². The van der Waals surface area contributed by atoms with Crippen LogP contribution < -0.4 is 0 Å². The van der Waals surface area contributed by atoms with Crippen molar-refractivity contribution in [2.24, 2.45) is 23.2 Å². The van der Waals surface area contributed by atoms with Crippen molar-refractivity contribution in [3.05, 3.63) is 77.4 Å². The molecule has 4 heteroatoms. The van der Waals surface area contributed by atoms with Gasteiger partial charge in [0.25, 0.3) is 0 Å². The predicted octanol–water partition coefficient (Wildman–Crippen LogP) is 12.5. The lowest BCUT2D eigenvalue weighted by molar-refractivity contribution is 0.0969. The first kappa shape index (κ1) is 36.4. The molecular weight excluding hydrogens is 581 g/mol. The van der Waals surface area contributed by atoms with Crippen LogP contribution in [0.25, 0.3) is 6.08 Å². The van der Waals surface area contributed by atoms with E-state index in [1.807, 2.05) is 0 Å².